The monoisotopic (exact) mass is 301 g/mol. The standard InChI is InChI=1S/C12H19N3O4S/c1-14-9-10(8-11(14)12(17)13-4-7-16)20(18,19)15-5-2-3-6-15/h8-9,16H,2-7H2,1H3,(H,13,17). The fourth-order valence-corrected chi connectivity index (χ4v) is 3.83. The molecule has 0 unspecified atom stereocenters. The quantitative estimate of drug-likeness (QED) is 0.769. The van der Waals surface area contributed by atoms with E-state index < -0.39 is 15.9 Å². The second-order valence-electron chi connectivity index (χ2n) is 4.76. The zero-order valence-corrected chi connectivity index (χ0v) is 12.2. The Morgan fingerprint density at radius 1 is 1.40 bits per heavy atom. The molecule has 1 aromatic heterocycles. The summed E-state index contributed by atoms with van der Waals surface area (Å²) < 4.78 is 27.7. The Kier molecular flexibility index (Phi) is 4.46. The summed E-state index contributed by atoms with van der Waals surface area (Å²) in [5, 5.41) is 11.2. The van der Waals surface area contributed by atoms with E-state index in [4.69, 9.17) is 5.11 Å². The smallest absolute Gasteiger partial charge is 0.268 e. The molecule has 1 aliphatic heterocycles. The lowest BCUT2D eigenvalue weighted by Gasteiger charge is -2.13. The van der Waals surface area contributed by atoms with E-state index in [1.54, 1.807) is 7.05 Å². The summed E-state index contributed by atoms with van der Waals surface area (Å²) in [6.45, 7) is 1.04. The Morgan fingerprint density at radius 2 is 2.05 bits per heavy atom. The Labute approximate surface area is 118 Å². The minimum Gasteiger partial charge on any atom is -0.395 e. The van der Waals surface area contributed by atoms with Gasteiger partial charge < -0.3 is 15.0 Å². The molecule has 8 heteroatoms. The van der Waals surface area contributed by atoms with Crippen LogP contribution in [0.2, 0.25) is 0 Å². The van der Waals surface area contributed by atoms with Gasteiger partial charge in [-0.25, -0.2) is 8.42 Å². The number of carbonyl (C=O) groups is 1. The average Bonchev–Trinajstić information content (AvgIpc) is 3.05. The van der Waals surface area contributed by atoms with Crippen molar-refractivity contribution in [3.05, 3.63) is 18.0 Å². The molecule has 0 saturated carbocycles. The Hall–Kier alpha value is -1.38. The van der Waals surface area contributed by atoms with Crippen molar-refractivity contribution in [2.45, 2.75) is 17.7 Å². The molecule has 2 N–H and O–H groups in total. The van der Waals surface area contributed by atoms with E-state index in [1.165, 1.54) is 21.1 Å². The second-order valence-corrected chi connectivity index (χ2v) is 6.70. The summed E-state index contributed by atoms with van der Waals surface area (Å²) in [5.41, 5.74) is 0.260. The zero-order chi connectivity index (χ0) is 14.8. The normalized spacial score (nSPS) is 16.5. The van der Waals surface area contributed by atoms with Gasteiger partial charge in [-0.15, -0.1) is 0 Å². The molecular weight excluding hydrogens is 282 g/mol. The highest BCUT2D eigenvalue weighted by atomic mass is 32.2. The summed E-state index contributed by atoms with van der Waals surface area (Å²) >= 11 is 0. The van der Waals surface area contributed by atoms with Gasteiger partial charge in [-0.2, -0.15) is 4.31 Å². The summed E-state index contributed by atoms with van der Waals surface area (Å²) in [6, 6.07) is 1.38. The molecular formula is C12H19N3O4S. The molecule has 0 aliphatic carbocycles. The Bertz CT molecular complexity index is 588. The van der Waals surface area contributed by atoms with E-state index in [2.05, 4.69) is 5.32 Å². The predicted molar refractivity (Wildman–Crippen MR) is 72.8 cm³/mol. The highest BCUT2D eigenvalue weighted by Crippen LogP contribution is 2.22. The van der Waals surface area contributed by atoms with Gasteiger partial charge in [-0.05, 0) is 18.9 Å². The molecule has 2 rings (SSSR count). The molecule has 0 radical (unpaired) electrons. The van der Waals surface area contributed by atoms with Crippen LogP contribution in [0.3, 0.4) is 0 Å². The topological polar surface area (TPSA) is 91.6 Å². The van der Waals surface area contributed by atoms with Crippen molar-refractivity contribution < 1.29 is 18.3 Å². The maximum Gasteiger partial charge on any atom is 0.268 e. The van der Waals surface area contributed by atoms with Crippen molar-refractivity contribution in [2.24, 2.45) is 7.05 Å². The first-order chi connectivity index (χ1) is 9.46. The third-order valence-electron chi connectivity index (χ3n) is 3.31. The average molecular weight is 301 g/mol. The first-order valence-electron chi connectivity index (χ1n) is 6.52. The zero-order valence-electron chi connectivity index (χ0n) is 11.4. The fourth-order valence-electron chi connectivity index (χ4n) is 2.24. The number of hydrogen-bond donors (Lipinski definition) is 2. The lowest BCUT2D eigenvalue weighted by molar-refractivity contribution is 0.0936. The first-order valence-corrected chi connectivity index (χ1v) is 7.96. The molecule has 0 spiro atoms. The van der Waals surface area contributed by atoms with Crippen molar-refractivity contribution in [1.82, 2.24) is 14.2 Å². The summed E-state index contributed by atoms with van der Waals surface area (Å²) in [4.78, 5) is 12.0. The minimum absolute atomic E-state index is 0.135. The van der Waals surface area contributed by atoms with Gasteiger partial charge in [0.2, 0.25) is 10.0 Å². The van der Waals surface area contributed by atoms with Gasteiger partial charge in [-0.3, -0.25) is 4.79 Å². The number of amides is 1. The van der Waals surface area contributed by atoms with E-state index in [9.17, 15) is 13.2 Å². The molecule has 112 valence electrons. The second kappa shape index (κ2) is 5.94. The van der Waals surface area contributed by atoms with Crippen molar-refractivity contribution >= 4 is 15.9 Å². The predicted octanol–water partition coefficient (Wildman–Crippen LogP) is -0.468. The van der Waals surface area contributed by atoms with Gasteiger partial charge in [0.05, 0.1) is 6.61 Å². The van der Waals surface area contributed by atoms with Crippen LogP contribution in [0.1, 0.15) is 23.3 Å². The molecule has 1 amide bonds. The number of carbonyl (C=O) groups excluding carboxylic acids is 1. The summed E-state index contributed by atoms with van der Waals surface area (Å²) in [7, 11) is -1.89. The van der Waals surface area contributed by atoms with Crippen LogP contribution in [0.15, 0.2) is 17.2 Å². The van der Waals surface area contributed by atoms with Crippen molar-refractivity contribution in [2.75, 3.05) is 26.2 Å². The SMILES string of the molecule is Cn1cc(S(=O)(=O)N2CCCC2)cc1C(=O)NCCO. The summed E-state index contributed by atoms with van der Waals surface area (Å²) in [5.74, 6) is -0.399. The van der Waals surface area contributed by atoms with Crippen LogP contribution in [-0.4, -0.2) is 54.5 Å². The number of rotatable bonds is 5. The fraction of sp³-hybridized carbons (Fsp3) is 0.583. The molecule has 20 heavy (non-hydrogen) atoms. The highest BCUT2D eigenvalue weighted by Gasteiger charge is 2.29. The number of nitrogens with zero attached hydrogens (tertiary/aromatic N) is 2. The van der Waals surface area contributed by atoms with Gasteiger partial charge in [0.25, 0.3) is 5.91 Å². The third kappa shape index (κ3) is 2.87. The van der Waals surface area contributed by atoms with Crippen LogP contribution >= 0.6 is 0 Å². The van der Waals surface area contributed by atoms with E-state index in [0.717, 1.165) is 12.8 Å². The first kappa shape index (κ1) is 15.0. The van der Waals surface area contributed by atoms with Gasteiger partial charge >= 0.3 is 0 Å². The van der Waals surface area contributed by atoms with Crippen molar-refractivity contribution in [3.63, 3.8) is 0 Å². The number of aryl methyl sites for hydroxylation is 1. The van der Waals surface area contributed by atoms with Gasteiger partial charge in [-0.1, -0.05) is 0 Å². The van der Waals surface area contributed by atoms with Gasteiger partial charge in [0.15, 0.2) is 0 Å². The number of nitrogens with one attached hydrogen (secondary N) is 1. The lowest BCUT2D eigenvalue weighted by atomic mass is 10.4. The van der Waals surface area contributed by atoms with Crippen LogP contribution in [0.4, 0.5) is 0 Å². The van der Waals surface area contributed by atoms with Crippen molar-refractivity contribution in [1.29, 1.82) is 0 Å². The number of aromatic nitrogens is 1. The number of aliphatic hydroxyl groups excluding tert-OH is 1. The molecule has 0 atom stereocenters. The molecule has 1 fully saturated rings. The maximum atomic E-state index is 12.4. The van der Waals surface area contributed by atoms with Crippen LogP contribution in [0.5, 0.6) is 0 Å². The van der Waals surface area contributed by atoms with Gasteiger partial charge in [0, 0.05) is 32.9 Å². The largest absolute Gasteiger partial charge is 0.395 e. The molecule has 0 bridgehead atoms. The Morgan fingerprint density at radius 3 is 2.65 bits per heavy atom. The van der Waals surface area contributed by atoms with Crippen LogP contribution in [-0.2, 0) is 17.1 Å². The molecule has 1 saturated heterocycles. The highest BCUT2D eigenvalue weighted by molar-refractivity contribution is 7.89. The van der Waals surface area contributed by atoms with Crippen LogP contribution in [0, 0.1) is 0 Å². The number of sulfonamides is 1. The molecule has 1 aromatic rings. The van der Waals surface area contributed by atoms with Crippen LogP contribution < -0.4 is 5.32 Å². The van der Waals surface area contributed by atoms with E-state index in [1.807, 2.05) is 0 Å². The Balaban J connectivity index is 2.24. The van der Waals surface area contributed by atoms with E-state index >= 15 is 0 Å². The van der Waals surface area contributed by atoms with E-state index in [0.29, 0.717) is 13.1 Å². The summed E-state index contributed by atoms with van der Waals surface area (Å²) in [6.07, 6.45) is 3.19. The molecule has 1 aliphatic rings. The number of aliphatic hydroxyl groups is 1. The van der Waals surface area contributed by atoms with Gasteiger partial charge in [0.1, 0.15) is 10.6 Å². The number of hydrogen-bond acceptors (Lipinski definition) is 4. The van der Waals surface area contributed by atoms with Crippen LogP contribution in [0.25, 0.3) is 0 Å². The van der Waals surface area contributed by atoms with Crippen molar-refractivity contribution in [3.8, 4) is 0 Å². The molecule has 0 aromatic carbocycles. The molecule has 2 heterocycles. The minimum atomic E-state index is -3.51. The third-order valence-corrected chi connectivity index (χ3v) is 5.18. The molecule has 7 nitrogen and oxygen atoms in total. The lowest BCUT2D eigenvalue weighted by Crippen LogP contribution is -2.28. The maximum absolute atomic E-state index is 12.4. The van der Waals surface area contributed by atoms with E-state index in [-0.39, 0.29) is 23.7 Å².